The highest BCUT2D eigenvalue weighted by atomic mass is 15.4. The number of hydrogen-bond donors (Lipinski definition) is 1. The molecule has 5 nitrogen and oxygen atoms in total. The molecule has 2 N–H and O–H groups in total. The van der Waals surface area contributed by atoms with Gasteiger partial charge in [0.2, 0.25) is 0 Å². The van der Waals surface area contributed by atoms with Crippen molar-refractivity contribution in [3.05, 3.63) is 53.5 Å². The maximum absolute atomic E-state index is 6.03. The van der Waals surface area contributed by atoms with Crippen molar-refractivity contribution in [3.63, 3.8) is 0 Å². The van der Waals surface area contributed by atoms with E-state index in [9.17, 15) is 0 Å². The Hall–Kier alpha value is -1.98. The second-order valence-corrected chi connectivity index (χ2v) is 10.4. The Kier molecular flexibility index (Phi) is 6.60. The van der Waals surface area contributed by atoms with Crippen LogP contribution >= 0.6 is 0 Å². The summed E-state index contributed by atoms with van der Waals surface area (Å²) in [7, 11) is 2.17. The monoisotopic (exact) mass is 437 g/mol. The van der Waals surface area contributed by atoms with Gasteiger partial charge in [-0.15, -0.1) is 0 Å². The van der Waals surface area contributed by atoms with Crippen LogP contribution in [0.1, 0.15) is 58.9 Å². The van der Waals surface area contributed by atoms with Gasteiger partial charge in [0.25, 0.3) is 0 Å². The summed E-state index contributed by atoms with van der Waals surface area (Å²) in [6, 6.07) is 9.75. The minimum atomic E-state index is 0.300. The van der Waals surface area contributed by atoms with Crippen molar-refractivity contribution in [1.82, 2.24) is 14.7 Å². The minimum absolute atomic E-state index is 0.300. The highest BCUT2D eigenvalue weighted by Crippen LogP contribution is 2.48. The molecule has 5 heteroatoms. The number of nitrogens with two attached hydrogens (primary N) is 1. The molecule has 1 aromatic rings. The second-order valence-electron chi connectivity index (χ2n) is 10.4. The average molecular weight is 438 g/mol. The number of benzene rings is 1. The van der Waals surface area contributed by atoms with Crippen LogP contribution in [-0.2, 0) is 5.41 Å². The van der Waals surface area contributed by atoms with Gasteiger partial charge in [0.1, 0.15) is 0 Å². The number of hydrogen-bond acceptors (Lipinski definition) is 5. The molecule has 3 heterocycles. The number of allylic oxidation sites excluding steroid dienone is 3. The van der Waals surface area contributed by atoms with E-state index in [2.05, 4.69) is 78.3 Å². The molecule has 1 atom stereocenters. The normalized spacial score (nSPS) is 23.7. The Bertz CT molecular complexity index is 855. The lowest BCUT2D eigenvalue weighted by Gasteiger charge is -2.47. The van der Waals surface area contributed by atoms with Gasteiger partial charge in [-0.3, -0.25) is 4.90 Å². The van der Waals surface area contributed by atoms with Gasteiger partial charge in [-0.05, 0) is 78.1 Å². The summed E-state index contributed by atoms with van der Waals surface area (Å²) in [6.07, 6.45) is 5.44. The van der Waals surface area contributed by atoms with Crippen LogP contribution in [0.5, 0.6) is 0 Å². The zero-order chi connectivity index (χ0) is 23.0. The second kappa shape index (κ2) is 9.11. The Labute approximate surface area is 195 Å². The minimum Gasteiger partial charge on any atom is -0.401 e. The number of nitrogens with zero attached hydrogens (tertiary/aromatic N) is 4. The average Bonchev–Trinajstić information content (AvgIpc) is 3.12. The van der Waals surface area contributed by atoms with Crippen LogP contribution in [0.3, 0.4) is 0 Å². The summed E-state index contributed by atoms with van der Waals surface area (Å²) in [6.45, 7) is 18.7. The molecule has 176 valence electrons. The van der Waals surface area contributed by atoms with Crippen LogP contribution in [0.4, 0.5) is 5.69 Å². The smallest absolute Gasteiger partial charge is 0.0786 e. The first-order chi connectivity index (χ1) is 15.2. The largest absolute Gasteiger partial charge is 0.401 e. The van der Waals surface area contributed by atoms with Crippen LogP contribution < -0.4 is 10.6 Å². The van der Waals surface area contributed by atoms with E-state index in [1.807, 2.05) is 6.92 Å². The lowest BCUT2D eigenvalue weighted by Crippen LogP contribution is -2.54. The molecule has 1 unspecified atom stereocenters. The molecule has 0 aromatic heterocycles. The van der Waals surface area contributed by atoms with Gasteiger partial charge in [-0.1, -0.05) is 24.8 Å². The fourth-order valence-corrected chi connectivity index (χ4v) is 6.14. The summed E-state index contributed by atoms with van der Waals surface area (Å²) in [5.41, 5.74) is 12.5. The Morgan fingerprint density at radius 1 is 1.09 bits per heavy atom. The zero-order valence-electron chi connectivity index (χ0n) is 20.9. The quantitative estimate of drug-likeness (QED) is 0.742. The first kappa shape index (κ1) is 23.2. The molecule has 0 saturated carbocycles. The topological polar surface area (TPSA) is 39.0 Å². The molecule has 3 aliphatic heterocycles. The number of anilines is 1. The fourth-order valence-electron chi connectivity index (χ4n) is 6.14. The first-order valence-corrected chi connectivity index (χ1v) is 12.4. The van der Waals surface area contributed by atoms with E-state index in [1.54, 1.807) is 5.56 Å². The highest BCUT2D eigenvalue weighted by Gasteiger charge is 2.45. The summed E-state index contributed by atoms with van der Waals surface area (Å²) in [5.74, 6) is 0. The summed E-state index contributed by atoms with van der Waals surface area (Å²) < 4.78 is 0. The lowest BCUT2D eigenvalue weighted by atomic mass is 9.74. The van der Waals surface area contributed by atoms with Crippen molar-refractivity contribution in [3.8, 4) is 0 Å². The van der Waals surface area contributed by atoms with Gasteiger partial charge in [0.05, 0.1) is 6.17 Å². The SMILES string of the molecule is C=C(C)N1CC2(CCN(C3CCN(C(C)N(C)/C(C)=C(/C)N)CC3)CC2)c2ccccc21. The van der Waals surface area contributed by atoms with Crippen LogP contribution in [0.15, 0.2) is 47.9 Å². The van der Waals surface area contributed by atoms with Crippen molar-refractivity contribution in [2.45, 2.75) is 71.0 Å². The third-order valence-electron chi connectivity index (χ3n) is 8.65. The van der Waals surface area contributed by atoms with Gasteiger partial charge in [0.15, 0.2) is 0 Å². The predicted octanol–water partition coefficient (Wildman–Crippen LogP) is 4.33. The van der Waals surface area contributed by atoms with E-state index >= 15 is 0 Å². The molecule has 2 fully saturated rings. The van der Waals surface area contributed by atoms with Crippen LogP contribution in [0.2, 0.25) is 0 Å². The van der Waals surface area contributed by atoms with Crippen LogP contribution in [0.25, 0.3) is 0 Å². The molecule has 0 aliphatic carbocycles. The van der Waals surface area contributed by atoms with Gasteiger partial charge in [0, 0.05) is 60.9 Å². The van der Waals surface area contributed by atoms with Crippen molar-refractivity contribution in [2.24, 2.45) is 5.73 Å². The number of para-hydroxylation sites is 1. The molecule has 0 radical (unpaired) electrons. The number of fused-ring (bicyclic) bond motifs is 2. The highest BCUT2D eigenvalue weighted by molar-refractivity contribution is 5.66. The van der Waals surface area contributed by atoms with E-state index in [0.29, 0.717) is 11.6 Å². The van der Waals surface area contributed by atoms with Gasteiger partial charge >= 0.3 is 0 Å². The molecule has 4 rings (SSSR count). The van der Waals surface area contributed by atoms with Crippen molar-refractivity contribution in [2.75, 3.05) is 44.7 Å². The Balaban J connectivity index is 1.35. The molecular formula is C27H43N5. The summed E-state index contributed by atoms with van der Waals surface area (Å²) >= 11 is 0. The third kappa shape index (κ3) is 4.17. The zero-order valence-corrected chi connectivity index (χ0v) is 20.9. The van der Waals surface area contributed by atoms with Crippen molar-refractivity contribution < 1.29 is 0 Å². The van der Waals surface area contributed by atoms with Gasteiger partial charge in [-0.25, -0.2) is 0 Å². The first-order valence-electron chi connectivity index (χ1n) is 12.4. The number of likely N-dealkylation sites (tertiary alicyclic amines) is 2. The van der Waals surface area contributed by atoms with Gasteiger partial charge in [-0.2, -0.15) is 0 Å². The third-order valence-corrected chi connectivity index (χ3v) is 8.65. The molecule has 1 aromatic carbocycles. The predicted molar refractivity (Wildman–Crippen MR) is 135 cm³/mol. The van der Waals surface area contributed by atoms with E-state index < -0.39 is 0 Å². The molecule has 1 spiro atoms. The standard InChI is InChI=1S/C27H43N5/c1-20(2)32-19-27(25-9-7-8-10-26(25)32)13-17-31(18-14-27)24-11-15-30(16-12-24)23(5)29(6)22(4)21(3)28/h7-10,23-24H,1,11-19,28H2,2-6H3/b22-21-. The molecule has 0 bridgehead atoms. The molecular weight excluding hydrogens is 394 g/mol. The fraction of sp³-hybridized carbons (Fsp3) is 0.630. The van der Waals surface area contributed by atoms with Crippen molar-refractivity contribution >= 4 is 5.69 Å². The maximum Gasteiger partial charge on any atom is 0.0786 e. The molecule has 2 saturated heterocycles. The number of rotatable bonds is 5. The Morgan fingerprint density at radius 3 is 2.31 bits per heavy atom. The van der Waals surface area contributed by atoms with E-state index in [-0.39, 0.29) is 0 Å². The van der Waals surface area contributed by atoms with E-state index in [4.69, 9.17) is 5.73 Å². The maximum atomic E-state index is 6.03. The molecule has 0 amide bonds. The number of piperidine rings is 2. The van der Waals surface area contributed by atoms with E-state index in [0.717, 1.165) is 24.0 Å². The van der Waals surface area contributed by atoms with Crippen LogP contribution in [-0.4, -0.2) is 66.7 Å². The summed E-state index contributed by atoms with van der Waals surface area (Å²) in [4.78, 5) is 10.2. The van der Waals surface area contributed by atoms with E-state index in [1.165, 1.54) is 63.2 Å². The Morgan fingerprint density at radius 2 is 1.72 bits per heavy atom. The van der Waals surface area contributed by atoms with Crippen LogP contribution in [0, 0.1) is 0 Å². The van der Waals surface area contributed by atoms with Crippen molar-refractivity contribution in [1.29, 1.82) is 0 Å². The summed E-state index contributed by atoms with van der Waals surface area (Å²) in [5, 5.41) is 0. The van der Waals surface area contributed by atoms with Gasteiger partial charge < -0.3 is 20.4 Å². The molecule has 32 heavy (non-hydrogen) atoms. The molecule has 3 aliphatic rings. The lowest BCUT2D eigenvalue weighted by molar-refractivity contribution is 0.0283.